The van der Waals surface area contributed by atoms with Crippen LogP contribution in [0.25, 0.3) is 0 Å². The number of ketones is 1. The molecule has 2 aliphatic rings. The van der Waals surface area contributed by atoms with E-state index < -0.39 is 12.0 Å². The van der Waals surface area contributed by atoms with E-state index in [1.165, 1.54) is 0 Å². The summed E-state index contributed by atoms with van der Waals surface area (Å²) in [6.45, 7) is 6.14. The SMILES string of the molecule is COc1cc(C2C3C(=O)CC(C)(C)CC3=Nc3ccccc3N2C(C)=O)ccc1OCc1ccccc1. The zero-order valence-electron chi connectivity index (χ0n) is 21.7. The molecule has 37 heavy (non-hydrogen) atoms. The van der Waals surface area contributed by atoms with Crippen LogP contribution >= 0.6 is 0 Å². The Morgan fingerprint density at radius 2 is 1.73 bits per heavy atom. The van der Waals surface area contributed by atoms with Crippen LogP contribution in [0.15, 0.2) is 77.8 Å². The first-order valence-corrected chi connectivity index (χ1v) is 12.6. The van der Waals surface area contributed by atoms with Gasteiger partial charge in [-0.05, 0) is 47.2 Å². The number of carbonyl (C=O) groups excluding carboxylic acids is 2. The van der Waals surface area contributed by atoms with Gasteiger partial charge in [-0.2, -0.15) is 0 Å². The largest absolute Gasteiger partial charge is 0.493 e. The highest BCUT2D eigenvalue weighted by molar-refractivity contribution is 6.12. The molecule has 0 spiro atoms. The third-order valence-corrected chi connectivity index (χ3v) is 7.12. The van der Waals surface area contributed by atoms with E-state index >= 15 is 0 Å². The molecule has 6 nitrogen and oxygen atoms in total. The van der Waals surface area contributed by atoms with Gasteiger partial charge in [0.2, 0.25) is 5.91 Å². The summed E-state index contributed by atoms with van der Waals surface area (Å²) in [4.78, 5) is 33.6. The Hall–Kier alpha value is -3.93. The smallest absolute Gasteiger partial charge is 0.224 e. The number of rotatable bonds is 5. The van der Waals surface area contributed by atoms with Gasteiger partial charge < -0.3 is 14.4 Å². The number of aliphatic imine (C=N–C) groups is 1. The maximum atomic E-state index is 13.7. The lowest BCUT2D eigenvalue weighted by Crippen LogP contribution is -2.46. The van der Waals surface area contributed by atoms with Crippen molar-refractivity contribution in [3.05, 3.63) is 83.9 Å². The van der Waals surface area contributed by atoms with Crippen LogP contribution in [-0.4, -0.2) is 24.5 Å². The van der Waals surface area contributed by atoms with E-state index in [9.17, 15) is 9.59 Å². The van der Waals surface area contributed by atoms with Crippen LogP contribution in [0.1, 0.15) is 50.8 Å². The number of methoxy groups -OCH3 is 1. The molecule has 1 fully saturated rings. The molecule has 0 bridgehead atoms. The summed E-state index contributed by atoms with van der Waals surface area (Å²) in [6.07, 6.45) is 1.13. The molecule has 0 saturated heterocycles. The van der Waals surface area contributed by atoms with Crippen LogP contribution in [0.4, 0.5) is 11.4 Å². The minimum atomic E-state index is -0.541. The molecule has 190 valence electrons. The van der Waals surface area contributed by atoms with E-state index in [0.717, 1.165) is 16.8 Å². The van der Waals surface area contributed by atoms with Crippen molar-refractivity contribution in [3.8, 4) is 11.5 Å². The topological polar surface area (TPSA) is 68.2 Å². The number of anilines is 1. The molecule has 1 saturated carbocycles. The maximum absolute atomic E-state index is 13.7. The van der Waals surface area contributed by atoms with E-state index in [2.05, 4.69) is 13.8 Å². The molecule has 1 aliphatic carbocycles. The molecule has 3 aromatic carbocycles. The zero-order chi connectivity index (χ0) is 26.2. The summed E-state index contributed by atoms with van der Waals surface area (Å²) < 4.78 is 11.8. The van der Waals surface area contributed by atoms with Crippen molar-refractivity contribution < 1.29 is 19.1 Å². The van der Waals surface area contributed by atoms with Crippen molar-refractivity contribution in [2.75, 3.05) is 12.0 Å². The second-order valence-electron chi connectivity index (χ2n) is 10.6. The second-order valence-corrected chi connectivity index (χ2v) is 10.6. The Labute approximate surface area is 217 Å². The molecular formula is C31H32N2O4. The Morgan fingerprint density at radius 3 is 2.46 bits per heavy atom. The van der Waals surface area contributed by atoms with Crippen LogP contribution in [0, 0.1) is 11.3 Å². The lowest BCUT2D eigenvalue weighted by atomic mass is 9.68. The molecule has 1 aliphatic heterocycles. The van der Waals surface area contributed by atoms with Gasteiger partial charge in [0, 0.05) is 19.1 Å². The highest BCUT2D eigenvalue weighted by Crippen LogP contribution is 2.49. The summed E-state index contributed by atoms with van der Waals surface area (Å²) >= 11 is 0. The van der Waals surface area contributed by atoms with Crippen molar-refractivity contribution >= 4 is 28.8 Å². The molecule has 2 unspecified atom stereocenters. The fraction of sp³-hybridized carbons (Fsp3) is 0.323. The predicted molar refractivity (Wildman–Crippen MR) is 145 cm³/mol. The van der Waals surface area contributed by atoms with Gasteiger partial charge in [0.1, 0.15) is 12.4 Å². The quantitative estimate of drug-likeness (QED) is 0.407. The minimum Gasteiger partial charge on any atom is -0.493 e. The highest BCUT2D eigenvalue weighted by atomic mass is 16.5. The van der Waals surface area contributed by atoms with E-state index in [1.807, 2.05) is 72.8 Å². The third-order valence-electron chi connectivity index (χ3n) is 7.12. The van der Waals surface area contributed by atoms with E-state index in [1.54, 1.807) is 18.9 Å². The van der Waals surface area contributed by atoms with Gasteiger partial charge >= 0.3 is 0 Å². The second kappa shape index (κ2) is 9.85. The zero-order valence-corrected chi connectivity index (χ0v) is 21.7. The molecule has 1 heterocycles. The van der Waals surface area contributed by atoms with Gasteiger partial charge in [0.05, 0.1) is 30.4 Å². The van der Waals surface area contributed by atoms with Crippen molar-refractivity contribution in [2.45, 2.75) is 46.3 Å². The fourth-order valence-electron chi connectivity index (χ4n) is 5.54. The molecule has 0 N–H and O–H groups in total. The number of fused-ring (bicyclic) bond motifs is 2. The molecule has 3 aromatic rings. The van der Waals surface area contributed by atoms with Crippen molar-refractivity contribution in [1.82, 2.24) is 0 Å². The van der Waals surface area contributed by atoms with E-state index in [0.29, 0.717) is 42.3 Å². The third kappa shape index (κ3) is 4.88. The number of hydrogen-bond donors (Lipinski definition) is 0. The summed E-state index contributed by atoms with van der Waals surface area (Å²) in [6, 6.07) is 22.7. The standard InChI is InChI=1S/C31H32N2O4/c1-20(34)33-25-13-9-8-12-23(25)32-24-17-31(2,3)18-26(35)29(24)30(33)22-14-15-27(28(16-22)36-4)37-19-21-10-6-5-7-11-21/h5-16,29-30H,17-19H2,1-4H3. The number of hydrogen-bond acceptors (Lipinski definition) is 5. The van der Waals surface area contributed by atoms with Crippen LogP contribution in [0.5, 0.6) is 11.5 Å². The predicted octanol–water partition coefficient (Wildman–Crippen LogP) is 6.46. The van der Waals surface area contributed by atoms with E-state index in [4.69, 9.17) is 14.5 Å². The number of Topliss-reactive ketones (excluding diaryl/α,β-unsaturated/α-hetero) is 1. The van der Waals surface area contributed by atoms with Gasteiger partial charge in [-0.15, -0.1) is 0 Å². The van der Waals surface area contributed by atoms with E-state index in [-0.39, 0.29) is 17.1 Å². The normalized spacial score (nSPS) is 20.3. The summed E-state index contributed by atoms with van der Waals surface area (Å²) in [5.41, 5.74) is 3.90. The first-order valence-electron chi connectivity index (χ1n) is 12.6. The van der Waals surface area contributed by atoms with Gasteiger partial charge in [0.25, 0.3) is 0 Å². The molecule has 2 atom stereocenters. The average Bonchev–Trinajstić information content (AvgIpc) is 3.01. The Morgan fingerprint density at radius 1 is 1.00 bits per heavy atom. The van der Waals surface area contributed by atoms with Crippen molar-refractivity contribution in [1.29, 1.82) is 0 Å². The number of para-hydroxylation sites is 2. The van der Waals surface area contributed by atoms with Crippen molar-refractivity contribution in [3.63, 3.8) is 0 Å². The molecule has 0 radical (unpaired) electrons. The van der Waals surface area contributed by atoms with Gasteiger partial charge in [-0.3, -0.25) is 14.6 Å². The number of ether oxygens (including phenoxy) is 2. The van der Waals surface area contributed by atoms with Crippen LogP contribution < -0.4 is 14.4 Å². The lowest BCUT2D eigenvalue weighted by Gasteiger charge is -2.40. The van der Waals surface area contributed by atoms with Crippen LogP contribution in [0.3, 0.4) is 0 Å². The van der Waals surface area contributed by atoms with Gasteiger partial charge in [-0.25, -0.2) is 0 Å². The molecular weight excluding hydrogens is 464 g/mol. The average molecular weight is 497 g/mol. The van der Waals surface area contributed by atoms with Crippen LogP contribution in [-0.2, 0) is 16.2 Å². The summed E-state index contributed by atoms with van der Waals surface area (Å²) in [5.74, 6) is 0.572. The monoisotopic (exact) mass is 496 g/mol. The maximum Gasteiger partial charge on any atom is 0.224 e. The van der Waals surface area contributed by atoms with Crippen molar-refractivity contribution in [2.24, 2.45) is 16.3 Å². The van der Waals surface area contributed by atoms with Gasteiger partial charge in [-0.1, -0.05) is 62.4 Å². The molecule has 1 amide bonds. The van der Waals surface area contributed by atoms with Gasteiger partial charge in [0.15, 0.2) is 11.5 Å². The number of benzene rings is 3. The number of amides is 1. The minimum absolute atomic E-state index is 0.0995. The molecule has 5 rings (SSSR count). The summed E-state index contributed by atoms with van der Waals surface area (Å²) in [7, 11) is 1.60. The Kier molecular flexibility index (Phi) is 6.59. The molecule has 0 aromatic heterocycles. The van der Waals surface area contributed by atoms with Crippen LogP contribution in [0.2, 0.25) is 0 Å². The number of nitrogens with zero attached hydrogens (tertiary/aromatic N) is 2. The number of carbonyl (C=O) groups is 2. The fourth-order valence-corrected chi connectivity index (χ4v) is 5.54. The first kappa shape index (κ1) is 24.8. The molecule has 6 heteroatoms. The lowest BCUT2D eigenvalue weighted by molar-refractivity contribution is -0.124. The first-order chi connectivity index (χ1) is 17.8. The highest BCUT2D eigenvalue weighted by Gasteiger charge is 2.47. The Balaban J connectivity index is 1.60. The summed E-state index contributed by atoms with van der Waals surface area (Å²) in [5, 5.41) is 0. The Bertz CT molecular complexity index is 1360.